The molecule has 3 N–H and O–H groups in total. The van der Waals surface area contributed by atoms with Crippen molar-refractivity contribution in [3.63, 3.8) is 0 Å². The molecule has 0 aliphatic carbocycles. The highest BCUT2D eigenvalue weighted by molar-refractivity contribution is 5.70. The van der Waals surface area contributed by atoms with Gasteiger partial charge in [-0.05, 0) is 68.3 Å². The number of nitrogens with two attached hydrogens (primary N) is 1. The molecule has 5 nitrogen and oxygen atoms in total. The van der Waals surface area contributed by atoms with Gasteiger partial charge >= 0.3 is 5.97 Å². The van der Waals surface area contributed by atoms with E-state index in [2.05, 4.69) is 0 Å². The maximum Gasteiger partial charge on any atom is 0.308 e. The van der Waals surface area contributed by atoms with Crippen LogP contribution in [-0.2, 0) is 4.79 Å². The highest BCUT2D eigenvalue weighted by Crippen LogP contribution is 2.24. The Morgan fingerprint density at radius 2 is 1.60 bits per heavy atom. The lowest BCUT2D eigenvalue weighted by Gasteiger charge is -2.16. The third-order valence-electron chi connectivity index (χ3n) is 3.75. The predicted molar refractivity (Wildman–Crippen MR) is 92.4 cm³/mol. The summed E-state index contributed by atoms with van der Waals surface area (Å²) in [5.74, 6) is 0.0734. The van der Waals surface area contributed by atoms with Gasteiger partial charge in [-0.3, -0.25) is 4.79 Å². The highest BCUT2D eigenvalue weighted by Gasteiger charge is 2.21. The van der Waals surface area contributed by atoms with Crippen molar-refractivity contribution in [2.45, 2.75) is 25.8 Å². The fourth-order valence-electron chi connectivity index (χ4n) is 2.35. The van der Waals surface area contributed by atoms with E-state index in [9.17, 15) is 9.18 Å². The fraction of sp³-hybridized carbons (Fsp3) is 0.316. The van der Waals surface area contributed by atoms with E-state index in [4.69, 9.17) is 20.3 Å². The van der Waals surface area contributed by atoms with Gasteiger partial charge in [-0.1, -0.05) is 0 Å². The van der Waals surface area contributed by atoms with Gasteiger partial charge in [0.2, 0.25) is 0 Å². The van der Waals surface area contributed by atoms with Crippen molar-refractivity contribution in [1.82, 2.24) is 0 Å². The quantitative estimate of drug-likeness (QED) is 0.674. The van der Waals surface area contributed by atoms with Gasteiger partial charge in [0.25, 0.3) is 0 Å². The summed E-state index contributed by atoms with van der Waals surface area (Å²) in [7, 11) is 0. The molecule has 0 heterocycles. The Kier molecular flexibility index (Phi) is 6.77. The summed E-state index contributed by atoms with van der Waals surface area (Å²) in [6.07, 6.45) is 1.07. The van der Waals surface area contributed by atoms with Crippen molar-refractivity contribution in [1.29, 1.82) is 0 Å². The Hall–Kier alpha value is -2.60. The van der Waals surface area contributed by atoms with Gasteiger partial charge in [-0.15, -0.1) is 0 Å². The molecule has 25 heavy (non-hydrogen) atoms. The molecule has 2 unspecified atom stereocenters. The van der Waals surface area contributed by atoms with Gasteiger partial charge in [-0.25, -0.2) is 4.39 Å². The smallest absolute Gasteiger partial charge is 0.308 e. The average Bonchev–Trinajstić information content (AvgIpc) is 2.57. The van der Waals surface area contributed by atoms with Gasteiger partial charge in [0, 0.05) is 6.04 Å². The third-order valence-corrected chi connectivity index (χ3v) is 3.75. The average molecular weight is 347 g/mol. The van der Waals surface area contributed by atoms with Crippen LogP contribution in [0.4, 0.5) is 4.39 Å². The molecule has 2 atom stereocenters. The van der Waals surface area contributed by atoms with E-state index in [-0.39, 0.29) is 11.9 Å². The molecule has 2 aromatic carbocycles. The van der Waals surface area contributed by atoms with Crippen molar-refractivity contribution >= 4 is 5.97 Å². The molecule has 0 saturated carbocycles. The summed E-state index contributed by atoms with van der Waals surface area (Å²) < 4.78 is 24.0. The van der Waals surface area contributed by atoms with E-state index in [1.165, 1.54) is 12.1 Å². The van der Waals surface area contributed by atoms with Crippen LogP contribution in [0, 0.1) is 11.7 Å². The molecule has 0 bridgehead atoms. The maximum absolute atomic E-state index is 12.9. The number of ether oxygens (including phenoxy) is 2. The number of rotatable bonds is 9. The second-order valence-corrected chi connectivity index (χ2v) is 5.82. The third kappa shape index (κ3) is 6.08. The molecule has 0 saturated heterocycles. The monoisotopic (exact) mass is 347 g/mol. The lowest BCUT2D eigenvalue weighted by atomic mass is 9.97. The molecular weight excluding hydrogens is 325 g/mol. The second-order valence-electron chi connectivity index (χ2n) is 5.82. The minimum atomic E-state index is -0.878. The summed E-state index contributed by atoms with van der Waals surface area (Å²) in [6.45, 7) is 2.11. The zero-order valence-electron chi connectivity index (χ0n) is 14.0. The van der Waals surface area contributed by atoms with Gasteiger partial charge in [-0.2, -0.15) is 0 Å². The topological polar surface area (TPSA) is 81.8 Å². The normalized spacial score (nSPS) is 13.1. The highest BCUT2D eigenvalue weighted by atomic mass is 19.1. The largest absolute Gasteiger partial charge is 0.494 e. The van der Waals surface area contributed by atoms with Crippen LogP contribution < -0.4 is 15.2 Å². The van der Waals surface area contributed by atoms with E-state index in [1.54, 1.807) is 43.3 Å². The van der Waals surface area contributed by atoms with Crippen molar-refractivity contribution in [2.75, 3.05) is 6.61 Å². The molecule has 0 amide bonds. The number of carbonyl (C=O) groups is 1. The standard InChI is InChI=1S/C19H22FNO4/c1-13(21)18(19(22)23)3-2-12-24-15-8-10-17(11-9-15)25-16-6-4-14(20)5-7-16/h4-11,13,18H,2-3,12,21H2,1H3,(H,22,23). The van der Waals surface area contributed by atoms with Crippen LogP contribution in [-0.4, -0.2) is 23.7 Å². The van der Waals surface area contributed by atoms with Crippen LogP contribution in [0.3, 0.4) is 0 Å². The van der Waals surface area contributed by atoms with Crippen LogP contribution in [0.25, 0.3) is 0 Å². The van der Waals surface area contributed by atoms with Crippen LogP contribution >= 0.6 is 0 Å². The van der Waals surface area contributed by atoms with Gasteiger partial charge in [0.15, 0.2) is 0 Å². The molecule has 0 aliphatic rings. The first-order valence-electron chi connectivity index (χ1n) is 8.10. The molecule has 0 radical (unpaired) electrons. The Morgan fingerprint density at radius 3 is 2.12 bits per heavy atom. The summed E-state index contributed by atoms with van der Waals surface area (Å²) in [6, 6.07) is 12.4. The van der Waals surface area contributed by atoms with E-state index in [0.29, 0.717) is 36.7 Å². The molecule has 0 aromatic heterocycles. The Balaban J connectivity index is 1.78. The predicted octanol–water partition coefficient (Wildman–Crippen LogP) is 3.83. The van der Waals surface area contributed by atoms with E-state index in [0.717, 1.165) is 0 Å². The van der Waals surface area contributed by atoms with E-state index in [1.807, 2.05) is 0 Å². The molecule has 0 aliphatic heterocycles. The van der Waals surface area contributed by atoms with Gasteiger partial charge in [0.1, 0.15) is 23.1 Å². The Morgan fingerprint density at radius 1 is 1.08 bits per heavy atom. The van der Waals surface area contributed by atoms with Crippen LogP contribution in [0.2, 0.25) is 0 Å². The number of halogens is 1. The Labute approximate surface area is 146 Å². The van der Waals surface area contributed by atoms with Crippen molar-refractivity contribution in [2.24, 2.45) is 11.7 Å². The van der Waals surface area contributed by atoms with Gasteiger partial charge < -0.3 is 20.3 Å². The minimum Gasteiger partial charge on any atom is -0.494 e. The molecule has 134 valence electrons. The number of carboxylic acids is 1. The first-order chi connectivity index (χ1) is 12.0. The lowest BCUT2D eigenvalue weighted by Crippen LogP contribution is -2.33. The molecular formula is C19H22FNO4. The summed E-state index contributed by atoms with van der Waals surface area (Å²) in [4.78, 5) is 11.1. The SMILES string of the molecule is CC(N)C(CCCOc1ccc(Oc2ccc(F)cc2)cc1)C(=O)O. The number of aliphatic carboxylic acids is 1. The summed E-state index contributed by atoms with van der Waals surface area (Å²) >= 11 is 0. The first-order valence-corrected chi connectivity index (χ1v) is 8.10. The van der Waals surface area contributed by atoms with Crippen LogP contribution in [0.1, 0.15) is 19.8 Å². The first kappa shape index (κ1) is 18.7. The zero-order chi connectivity index (χ0) is 18.2. The number of benzene rings is 2. The summed E-state index contributed by atoms with van der Waals surface area (Å²) in [5.41, 5.74) is 5.66. The fourth-order valence-corrected chi connectivity index (χ4v) is 2.35. The second kappa shape index (κ2) is 9.03. The number of carboxylic acid groups (broad SMARTS) is 1. The molecule has 2 aromatic rings. The van der Waals surface area contributed by atoms with Crippen molar-refractivity contribution in [3.8, 4) is 17.2 Å². The maximum atomic E-state index is 12.9. The zero-order valence-corrected chi connectivity index (χ0v) is 14.0. The molecule has 2 rings (SSSR count). The molecule has 6 heteroatoms. The Bertz CT molecular complexity index is 671. The number of hydrogen-bond acceptors (Lipinski definition) is 4. The molecule has 0 fully saturated rings. The van der Waals surface area contributed by atoms with E-state index < -0.39 is 11.9 Å². The lowest BCUT2D eigenvalue weighted by molar-refractivity contribution is -0.142. The van der Waals surface area contributed by atoms with Crippen LogP contribution in [0.5, 0.6) is 17.2 Å². The summed E-state index contributed by atoms with van der Waals surface area (Å²) in [5, 5.41) is 9.07. The van der Waals surface area contributed by atoms with Crippen LogP contribution in [0.15, 0.2) is 48.5 Å². The minimum absolute atomic E-state index is 0.315. The van der Waals surface area contributed by atoms with E-state index >= 15 is 0 Å². The van der Waals surface area contributed by atoms with Crippen molar-refractivity contribution in [3.05, 3.63) is 54.3 Å². The molecule has 0 spiro atoms. The number of hydrogen-bond donors (Lipinski definition) is 2. The van der Waals surface area contributed by atoms with Crippen molar-refractivity contribution < 1.29 is 23.8 Å². The van der Waals surface area contributed by atoms with Gasteiger partial charge in [0.05, 0.1) is 12.5 Å².